The van der Waals surface area contributed by atoms with Crippen LogP contribution in [0.5, 0.6) is 0 Å². The maximum Gasteiger partial charge on any atom is 0.235 e. The lowest BCUT2D eigenvalue weighted by atomic mass is 10.2. The van der Waals surface area contributed by atoms with Gasteiger partial charge in [-0.2, -0.15) is 4.68 Å². The van der Waals surface area contributed by atoms with Gasteiger partial charge < -0.3 is 14.9 Å². The Bertz CT molecular complexity index is 690. The Balaban J connectivity index is 2.07. The molecule has 3 rings (SSSR count). The number of furan rings is 1. The summed E-state index contributed by atoms with van der Waals surface area (Å²) in [5, 5.41) is 17.6. The second-order valence-corrected chi connectivity index (χ2v) is 4.93. The summed E-state index contributed by atoms with van der Waals surface area (Å²) >= 11 is 1.38. The molecule has 3 heterocycles. The molecule has 9 heteroatoms. The first-order valence-corrected chi connectivity index (χ1v) is 6.65. The zero-order valence-electron chi connectivity index (χ0n) is 10.7. The molecule has 0 aliphatic carbocycles. The van der Waals surface area contributed by atoms with Gasteiger partial charge in [-0.3, -0.25) is 0 Å². The maximum atomic E-state index is 5.69. The van der Waals surface area contributed by atoms with Gasteiger partial charge >= 0.3 is 0 Å². The second-order valence-electron chi connectivity index (χ2n) is 3.89. The van der Waals surface area contributed by atoms with E-state index in [2.05, 4.69) is 20.5 Å². The molecule has 2 N–H and O–H groups in total. The van der Waals surface area contributed by atoms with Crippen LogP contribution >= 0.6 is 11.3 Å². The normalized spacial score (nSPS) is 11.1. The van der Waals surface area contributed by atoms with Crippen molar-refractivity contribution < 1.29 is 9.15 Å². The van der Waals surface area contributed by atoms with Gasteiger partial charge in [-0.15, -0.1) is 15.3 Å². The first-order chi connectivity index (χ1) is 9.83. The molecule has 0 aliphatic heterocycles. The number of aromatic nitrogens is 5. The average Bonchev–Trinajstić information content (AvgIpc) is 3.18. The van der Waals surface area contributed by atoms with Crippen LogP contribution in [0.3, 0.4) is 0 Å². The Morgan fingerprint density at radius 2 is 2.30 bits per heavy atom. The van der Waals surface area contributed by atoms with E-state index in [0.29, 0.717) is 28.9 Å². The molecule has 0 bridgehead atoms. The maximum absolute atomic E-state index is 5.69. The van der Waals surface area contributed by atoms with Crippen molar-refractivity contribution in [3.05, 3.63) is 29.1 Å². The van der Waals surface area contributed by atoms with Gasteiger partial charge in [-0.25, -0.2) is 0 Å². The van der Waals surface area contributed by atoms with Crippen molar-refractivity contribution in [2.45, 2.75) is 13.2 Å². The Morgan fingerprint density at radius 3 is 3.00 bits per heavy atom. The first kappa shape index (κ1) is 12.9. The standard InChI is InChI=1S/C11H12N6O2S/c1-18-6-9-14-15-11(20-9)17-10(7(5-12)13-16-17)8-3-2-4-19-8/h2-4H,5-6,12H2,1H3. The molecule has 0 atom stereocenters. The third-order valence-electron chi connectivity index (χ3n) is 2.59. The van der Waals surface area contributed by atoms with E-state index < -0.39 is 0 Å². The van der Waals surface area contributed by atoms with Gasteiger partial charge in [0.1, 0.15) is 23.0 Å². The molecule has 104 valence electrons. The molecule has 3 aromatic rings. The summed E-state index contributed by atoms with van der Waals surface area (Å²) in [6.07, 6.45) is 1.59. The van der Waals surface area contributed by atoms with Crippen molar-refractivity contribution >= 4 is 11.3 Å². The van der Waals surface area contributed by atoms with Crippen LogP contribution in [0.25, 0.3) is 16.6 Å². The number of rotatable bonds is 5. The molecule has 0 saturated carbocycles. The number of hydrogen-bond acceptors (Lipinski definition) is 8. The fourth-order valence-electron chi connectivity index (χ4n) is 1.76. The van der Waals surface area contributed by atoms with Crippen molar-refractivity contribution in [2.24, 2.45) is 5.73 Å². The van der Waals surface area contributed by atoms with Crippen LogP contribution in [0.15, 0.2) is 22.8 Å². The summed E-state index contributed by atoms with van der Waals surface area (Å²) in [4.78, 5) is 0. The molecule has 0 radical (unpaired) electrons. The molecule has 0 aromatic carbocycles. The topological polar surface area (TPSA) is 105 Å². The third kappa shape index (κ3) is 2.22. The number of ether oxygens (including phenoxy) is 1. The molecule has 0 fully saturated rings. The molecular weight excluding hydrogens is 280 g/mol. The summed E-state index contributed by atoms with van der Waals surface area (Å²) in [6.45, 7) is 0.673. The highest BCUT2D eigenvalue weighted by Gasteiger charge is 2.20. The van der Waals surface area contributed by atoms with E-state index in [-0.39, 0.29) is 6.54 Å². The van der Waals surface area contributed by atoms with Gasteiger partial charge in [0.25, 0.3) is 0 Å². The minimum absolute atomic E-state index is 0.264. The molecule has 8 nitrogen and oxygen atoms in total. The molecule has 0 saturated heterocycles. The molecule has 0 spiro atoms. The van der Waals surface area contributed by atoms with E-state index in [4.69, 9.17) is 14.9 Å². The summed E-state index contributed by atoms with van der Waals surface area (Å²) in [5.74, 6) is 0.638. The van der Waals surface area contributed by atoms with Crippen molar-refractivity contribution in [3.63, 3.8) is 0 Å². The Morgan fingerprint density at radius 1 is 1.40 bits per heavy atom. The van der Waals surface area contributed by atoms with Crippen molar-refractivity contribution in [3.8, 4) is 16.6 Å². The van der Waals surface area contributed by atoms with Gasteiger partial charge in [-0.1, -0.05) is 16.6 Å². The van der Waals surface area contributed by atoms with Gasteiger partial charge in [0.15, 0.2) is 5.76 Å². The number of nitrogens with zero attached hydrogens (tertiary/aromatic N) is 5. The van der Waals surface area contributed by atoms with Crippen molar-refractivity contribution in [1.29, 1.82) is 0 Å². The summed E-state index contributed by atoms with van der Waals surface area (Å²) in [7, 11) is 1.61. The fourth-order valence-corrected chi connectivity index (χ4v) is 2.52. The largest absolute Gasteiger partial charge is 0.463 e. The van der Waals surface area contributed by atoms with Crippen LogP contribution in [0.4, 0.5) is 0 Å². The molecule has 0 aliphatic rings. The van der Waals surface area contributed by atoms with Crippen molar-refractivity contribution in [1.82, 2.24) is 25.2 Å². The molecule has 20 heavy (non-hydrogen) atoms. The van der Waals surface area contributed by atoms with Gasteiger partial charge in [0.2, 0.25) is 5.13 Å². The summed E-state index contributed by atoms with van der Waals surface area (Å²) < 4.78 is 12.0. The van der Waals surface area contributed by atoms with E-state index in [0.717, 1.165) is 5.01 Å². The number of methoxy groups -OCH3 is 1. The zero-order chi connectivity index (χ0) is 13.9. The van der Waals surface area contributed by atoms with Crippen LogP contribution in [0.1, 0.15) is 10.7 Å². The quantitative estimate of drug-likeness (QED) is 0.747. The lowest BCUT2D eigenvalue weighted by molar-refractivity contribution is 0.184. The van der Waals surface area contributed by atoms with E-state index in [1.807, 2.05) is 6.07 Å². The predicted octanol–water partition coefficient (Wildman–Crippen LogP) is 0.984. The Hall–Kier alpha value is -2.10. The highest BCUT2D eigenvalue weighted by Crippen LogP contribution is 2.26. The van der Waals surface area contributed by atoms with E-state index in [1.165, 1.54) is 11.3 Å². The third-order valence-corrected chi connectivity index (χ3v) is 3.47. The van der Waals surface area contributed by atoms with Gasteiger partial charge in [0, 0.05) is 13.7 Å². The van der Waals surface area contributed by atoms with Crippen LogP contribution in [0.2, 0.25) is 0 Å². The lowest BCUT2D eigenvalue weighted by Gasteiger charge is -2.00. The molecule has 0 amide bonds. The Kier molecular flexibility index (Phi) is 3.54. The number of nitrogens with two attached hydrogens (primary N) is 1. The summed E-state index contributed by atoms with van der Waals surface area (Å²) in [5.41, 5.74) is 7.03. The van der Waals surface area contributed by atoms with Crippen LogP contribution in [0, 0.1) is 0 Å². The SMILES string of the molecule is COCc1nnc(-n2nnc(CN)c2-c2ccco2)s1. The summed E-state index contributed by atoms with van der Waals surface area (Å²) in [6, 6.07) is 3.62. The van der Waals surface area contributed by atoms with Gasteiger partial charge in [0.05, 0.1) is 6.26 Å². The predicted molar refractivity (Wildman–Crippen MR) is 71.1 cm³/mol. The van der Waals surface area contributed by atoms with E-state index in [9.17, 15) is 0 Å². The highest BCUT2D eigenvalue weighted by molar-refractivity contribution is 7.13. The smallest absolute Gasteiger partial charge is 0.235 e. The first-order valence-electron chi connectivity index (χ1n) is 5.83. The monoisotopic (exact) mass is 292 g/mol. The van der Waals surface area contributed by atoms with Crippen LogP contribution in [-0.4, -0.2) is 32.3 Å². The van der Waals surface area contributed by atoms with E-state index in [1.54, 1.807) is 24.1 Å². The molecular formula is C11H12N6O2S. The highest BCUT2D eigenvalue weighted by atomic mass is 32.1. The molecule has 0 unspecified atom stereocenters. The Labute approximate surface area is 118 Å². The van der Waals surface area contributed by atoms with Crippen LogP contribution in [-0.2, 0) is 17.9 Å². The fraction of sp³-hybridized carbons (Fsp3) is 0.273. The minimum Gasteiger partial charge on any atom is -0.463 e. The zero-order valence-corrected chi connectivity index (χ0v) is 11.5. The molecule has 3 aromatic heterocycles. The number of hydrogen-bond donors (Lipinski definition) is 1. The van der Waals surface area contributed by atoms with Crippen LogP contribution < -0.4 is 5.73 Å². The minimum atomic E-state index is 0.264. The van der Waals surface area contributed by atoms with Gasteiger partial charge in [-0.05, 0) is 12.1 Å². The van der Waals surface area contributed by atoms with Crippen molar-refractivity contribution in [2.75, 3.05) is 7.11 Å². The lowest BCUT2D eigenvalue weighted by Crippen LogP contribution is -2.01. The van der Waals surface area contributed by atoms with E-state index >= 15 is 0 Å². The average molecular weight is 292 g/mol. The second kappa shape index (κ2) is 5.49.